The predicted molar refractivity (Wildman–Crippen MR) is 90.9 cm³/mol. The van der Waals surface area contributed by atoms with Crippen molar-refractivity contribution in [3.8, 4) is 5.75 Å². The maximum atomic E-state index is 12.8. The Balaban J connectivity index is 1.93. The molecule has 0 saturated carbocycles. The smallest absolute Gasteiger partial charge is 0.259 e. The minimum absolute atomic E-state index is 0.0288. The Morgan fingerprint density at radius 3 is 2.77 bits per heavy atom. The zero-order valence-corrected chi connectivity index (χ0v) is 13.9. The summed E-state index contributed by atoms with van der Waals surface area (Å²) in [5.41, 5.74) is 3.57. The van der Waals surface area contributed by atoms with Crippen LogP contribution < -0.4 is 4.74 Å². The molecule has 4 heteroatoms. The van der Waals surface area contributed by atoms with E-state index in [2.05, 4.69) is 22.5 Å². The van der Waals surface area contributed by atoms with Gasteiger partial charge < -0.3 is 9.64 Å². The number of carbonyl (C=O) groups excluding carboxylic acids is 1. The Labute approximate surface area is 138 Å². The first-order chi connectivity index (χ1) is 10.6. The molecule has 0 bridgehead atoms. The SMILES string of the molecule is C=C1c2ccc(OC)cc2CCN1C(=O)c1ccccc1Br. The van der Waals surface area contributed by atoms with Gasteiger partial charge >= 0.3 is 0 Å². The average molecular weight is 358 g/mol. The van der Waals surface area contributed by atoms with Gasteiger partial charge in [0.2, 0.25) is 0 Å². The number of rotatable bonds is 2. The lowest BCUT2D eigenvalue weighted by molar-refractivity contribution is 0.0832. The fourth-order valence-corrected chi connectivity index (χ4v) is 3.16. The van der Waals surface area contributed by atoms with E-state index in [9.17, 15) is 4.79 Å². The van der Waals surface area contributed by atoms with Crippen LogP contribution >= 0.6 is 15.9 Å². The van der Waals surface area contributed by atoms with Gasteiger partial charge in [0, 0.05) is 22.3 Å². The molecule has 3 nitrogen and oxygen atoms in total. The summed E-state index contributed by atoms with van der Waals surface area (Å²) in [5.74, 6) is 0.802. The van der Waals surface area contributed by atoms with Crippen LogP contribution in [0.25, 0.3) is 5.70 Å². The van der Waals surface area contributed by atoms with Crippen LogP contribution in [0.3, 0.4) is 0 Å². The van der Waals surface area contributed by atoms with Crippen LogP contribution in [0.2, 0.25) is 0 Å². The fraction of sp³-hybridized carbons (Fsp3) is 0.167. The van der Waals surface area contributed by atoms with Crippen LogP contribution in [0.5, 0.6) is 5.75 Å². The van der Waals surface area contributed by atoms with Gasteiger partial charge in [-0.1, -0.05) is 18.7 Å². The predicted octanol–water partition coefficient (Wildman–Crippen LogP) is 4.13. The van der Waals surface area contributed by atoms with Crippen molar-refractivity contribution in [1.29, 1.82) is 0 Å². The van der Waals surface area contributed by atoms with Crippen molar-refractivity contribution in [2.24, 2.45) is 0 Å². The molecule has 2 aromatic carbocycles. The minimum atomic E-state index is -0.0288. The molecule has 0 radical (unpaired) electrons. The largest absolute Gasteiger partial charge is 0.497 e. The van der Waals surface area contributed by atoms with Crippen LogP contribution in [0.4, 0.5) is 0 Å². The van der Waals surface area contributed by atoms with Gasteiger partial charge in [-0.05, 0) is 58.2 Å². The summed E-state index contributed by atoms with van der Waals surface area (Å²) in [5, 5.41) is 0. The second kappa shape index (κ2) is 5.97. The first-order valence-electron chi connectivity index (χ1n) is 7.04. The molecule has 1 heterocycles. The van der Waals surface area contributed by atoms with Gasteiger partial charge in [0.05, 0.1) is 12.7 Å². The minimum Gasteiger partial charge on any atom is -0.497 e. The highest BCUT2D eigenvalue weighted by Gasteiger charge is 2.26. The Morgan fingerprint density at radius 2 is 2.05 bits per heavy atom. The molecule has 0 saturated heterocycles. The molecule has 0 aliphatic carbocycles. The molecule has 0 aromatic heterocycles. The Hall–Kier alpha value is -2.07. The third-order valence-corrected chi connectivity index (χ3v) is 4.59. The van der Waals surface area contributed by atoms with E-state index >= 15 is 0 Å². The third kappa shape index (κ3) is 2.55. The van der Waals surface area contributed by atoms with Crippen molar-refractivity contribution in [1.82, 2.24) is 4.90 Å². The molecule has 3 rings (SSSR count). The number of fused-ring (bicyclic) bond motifs is 1. The number of benzene rings is 2. The molecule has 2 aromatic rings. The van der Waals surface area contributed by atoms with Crippen LogP contribution in [0.1, 0.15) is 21.5 Å². The lowest BCUT2D eigenvalue weighted by atomic mass is 9.96. The highest BCUT2D eigenvalue weighted by atomic mass is 79.9. The first-order valence-corrected chi connectivity index (χ1v) is 7.83. The zero-order valence-electron chi connectivity index (χ0n) is 12.3. The fourth-order valence-electron chi connectivity index (χ4n) is 2.70. The van der Waals surface area contributed by atoms with E-state index < -0.39 is 0 Å². The van der Waals surface area contributed by atoms with Crippen LogP contribution in [0, 0.1) is 0 Å². The highest BCUT2D eigenvalue weighted by molar-refractivity contribution is 9.10. The van der Waals surface area contributed by atoms with E-state index in [1.165, 1.54) is 5.56 Å². The molecule has 0 fully saturated rings. The lowest BCUT2D eigenvalue weighted by Crippen LogP contribution is -2.34. The van der Waals surface area contributed by atoms with Gasteiger partial charge in [-0.25, -0.2) is 0 Å². The topological polar surface area (TPSA) is 29.5 Å². The molecule has 1 aliphatic heterocycles. The van der Waals surface area contributed by atoms with Crippen molar-refractivity contribution < 1.29 is 9.53 Å². The van der Waals surface area contributed by atoms with Crippen LogP contribution in [0.15, 0.2) is 53.5 Å². The Morgan fingerprint density at radius 1 is 1.27 bits per heavy atom. The summed E-state index contributed by atoms with van der Waals surface area (Å²) in [6.45, 7) is 4.74. The van der Waals surface area contributed by atoms with Crippen molar-refractivity contribution in [2.45, 2.75) is 6.42 Å². The zero-order chi connectivity index (χ0) is 15.7. The molecule has 0 unspecified atom stereocenters. The van der Waals surface area contributed by atoms with E-state index in [4.69, 9.17) is 4.74 Å². The highest BCUT2D eigenvalue weighted by Crippen LogP contribution is 2.32. The normalized spacial score (nSPS) is 13.7. The van der Waals surface area contributed by atoms with E-state index in [1.54, 1.807) is 12.0 Å². The van der Waals surface area contributed by atoms with Crippen molar-refractivity contribution in [3.05, 3.63) is 70.2 Å². The molecular formula is C18H16BrNO2. The molecule has 0 N–H and O–H groups in total. The lowest BCUT2D eigenvalue weighted by Gasteiger charge is -2.31. The quantitative estimate of drug-likeness (QED) is 0.808. The maximum Gasteiger partial charge on any atom is 0.259 e. The number of hydrogen-bond donors (Lipinski definition) is 0. The number of methoxy groups -OCH3 is 1. The summed E-state index contributed by atoms with van der Waals surface area (Å²) in [6, 6.07) is 13.3. The molecule has 0 atom stereocenters. The van der Waals surface area contributed by atoms with Gasteiger partial charge in [0.15, 0.2) is 0 Å². The first kappa shape index (κ1) is 14.9. The van der Waals surface area contributed by atoms with E-state index in [0.29, 0.717) is 12.1 Å². The summed E-state index contributed by atoms with van der Waals surface area (Å²) in [6.07, 6.45) is 0.793. The number of nitrogens with zero attached hydrogens (tertiary/aromatic N) is 1. The molecular weight excluding hydrogens is 342 g/mol. The number of amides is 1. The monoisotopic (exact) mass is 357 g/mol. The number of carbonyl (C=O) groups is 1. The third-order valence-electron chi connectivity index (χ3n) is 3.90. The summed E-state index contributed by atoms with van der Waals surface area (Å²) in [7, 11) is 1.65. The molecule has 112 valence electrons. The van der Waals surface area contributed by atoms with Gasteiger partial charge in [0.25, 0.3) is 5.91 Å². The van der Waals surface area contributed by atoms with Crippen molar-refractivity contribution >= 4 is 27.5 Å². The molecule has 0 spiro atoms. The van der Waals surface area contributed by atoms with Gasteiger partial charge in [0.1, 0.15) is 5.75 Å². The average Bonchev–Trinajstić information content (AvgIpc) is 2.54. The molecule has 1 amide bonds. The number of ether oxygens (including phenoxy) is 1. The van der Waals surface area contributed by atoms with Crippen molar-refractivity contribution in [2.75, 3.05) is 13.7 Å². The Bertz CT molecular complexity index is 755. The summed E-state index contributed by atoms with van der Waals surface area (Å²) < 4.78 is 6.06. The maximum absolute atomic E-state index is 12.8. The second-order valence-electron chi connectivity index (χ2n) is 5.16. The number of halogens is 1. The molecule has 22 heavy (non-hydrogen) atoms. The molecule has 1 aliphatic rings. The standard InChI is InChI=1S/C18H16BrNO2/c1-12-15-8-7-14(22-2)11-13(15)9-10-20(12)18(21)16-5-3-4-6-17(16)19/h3-8,11H,1,9-10H2,2H3. The van der Waals surface area contributed by atoms with Gasteiger partial charge in [-0.3, -0.25) is 4.79 Å². The summed E-state index contributed by atoms with van der Waals surface area (Å²) >= 11 is 3.44. The van der Waals surface area contributed by atoms with Crippen LogP contribution in [-0.4, -0.2) is 24.5 Å². The van der Waals surface area contributed by atoms with E-state index in [-0.39, 0.29) is 5.91 Å². The second-order valence-corrected chi connectivity index (χ2v) is 6.01. The van der Waals surface area contributed by atoms with Gasteiger partial charge in [-0.2, -0.15) is 0 Å². The van der Waals surface area contributed by atoms with Crippen LogP contribution in [-0.2, 0) is 6.42 Å². The van der Waals surface area contributed by atoms with E-state index in [0.717, 1.165) is 27.9 Å². The summed E-state index contributed by atoms with van der Waals surface area (Å²) in [4.78, 5) is 14.5. The number of hydrogen-bond acceptors (Lipinski definition) is 2. The van der Waals surface area contributed by atoms with Crippen molar-refractivity contribution in [3.63, 3.8) is 0 Å². The van der Waals surface area contributed by atoms with E-state index in [1.807, 2.05) is 42.5 Å². The Kier molecular flexibility index (Phi) is 4.03. The van der Waals surface area contributed by atoms with Gasteiger partial charge in [-0.15, -0.1) is 0 Å².